The van der Waals surface area contributed by atoms with Gasteiger partial charge in [0.2, 0.25) is 10.0 Å². The summed E-state index contributed by atoms with van der Waals surface area (Å²) in [4.78, 5) is 0.0316. The van der Waals surface area contributed by atoms with Crippen molar-refractivity contribution in [2.75, 3.05) is 27.4 Å². The van der Waals surface area contributed by atoms with Gasteiger partial charge in [0.25, 0.3) is 0 Å². The smallest absolute Gasteiger partial charge is 0.244 e. The van der Waals surface area contributed by atoms with Crippen LogP contribution in [0.1, 0.15) is 20.3 Å². The average molecular weight is 317 g/mol. The number of rotatable bonds is 8. The van der Waals surface area contributed by atoms with E-state index in [-0.39, 0.29) is 29.2 Å². The summed E-state index contributed by atoms with van der Waals surface area (Å²) in [5.74, 6) is 0.689. The molecule has 0 atom stereocenters. The van der Waals surface area contributed by atoms with Crippen molar-refractivity contribution in [1.29, 1.82) is 0 Å². The van der Waals surface area contributed by atoms with E-state index in [1.165, 1.54) is 20.3 Å². The van der Waals surface area contributed by atoms with Crippen LogP contribution in [0, 0.1) is 5.41 Å². The molecule has 0 heterocycles. The van der Waals surface area contributed by atoms with Crippen molar-refractivity contribution in [3.05, 3.63) is 18.2 Å². The van der Waals surface area contributed by atoms with E-state index in [1.807, 2.05) is 13.8 Å². The maximum atomic E-state index is 12.4. The van der Waals surface area contributed by atoms with Gasteiger partial charge in [-0.2, -0.15) is 0 Å². The number of sulfonamides is 1. The van der Waals surface area contributed by atoms with Gasteiger partial charge in [0, 0.05) is 19.2 Å². The second kappa shape index (κ2) is 7.11. The van der Waals surface area contributed by atoms with Gasteiger partial charge in [-0.05, 0) is 24.0 Å². The SMILES string of the molecule is COc1ccc(OC)c(S(=O)(=O)NCC(C)(C)CCO)c1. The lowest BCUT2D eigenvalue weighted by Gasteiger charge is -2.24. The molecule has 0 unspecified atom stereocenters. The molecular formula is C14H23NO5S. The second-order valence-corrected chi connectivity index (χ2v) is 7.21. The molecule has 0 radical (unpaired) electrons. The largest absolute Gasteiger partial charge is 0.497 e. The Balaban J connectivity index is 3.02. The van der Waals surface area contributed by atoms with Crippen molar-refractivity contribution in [1.82, 2.24) is 4.72 Å². The summed E-state index contributed by atoms with van der Waals surface area (Å²) in [6.45, 7) is 4.00. The predicted octanol–water partition coefficient (Wildman–Crippen LogP) is 1.39. The molecule has 0 aliphatic heterocycles. The first-order valence-electron chi connectivity index (χ1n) is 6.58. The van der Waals surface area contributed by atoms with Crippen LogP contribution >= 0.6 is 0 Å². The Morgan fingerprint density at radius 3 is 2.43 bits per heavy atom. The molecule has 1 aromatic carbocycles. The number of methoxy groups -OCH3 is 2. The second-order valence-electron chi connectivity index (χ2n) is 5.48. The van der Waals surface area contributed by atoms with Crippen molar-refractivity contribution in [2.24, 2.45) is 5.41 Å². The minimum absolute atomic E-state index is 0.0111. The maximum absolute atomic E-state index is 12.4. The number of ether oxygens (including phenoxy) is 2. The average Bonchev–Trinajstić information content (AvgIpc) is 2.44. The summed E-state index contributed by atoms with van der Waals surface area (Å²) in [6.07, 6.45) is 0.505. The Kier molecular flexibility index (Phi) is 6.00. The molecule has 0 aliphatic carbocycles. The lowest BCUT2D eigenvalue weighted by molar-refractivity contribution is 0.213. The number of aliphatic hydroxyl groups is 1. The van der Waals surface area contributed by atoms with Crippen molar-refractivity contribution in [3.63, 3.8) is 0 Å². The van der Waals surface area contributed by atoms with E-state index in [0.717, 1.165) is 0 Å². The molecule has 1 rings (SSSR count). The lowest BCUT2D eigenvalue weighted by atomic mass is 9.90. The van der Waals surface area contributed by atoms with E-state index in [2.05, 4.69) is 4.72 Å². The molecule has 1 aromatic rings. The van der Waals surface area contributed by atoms with Crippen LogP contribution in [0.4, 0.5) is 0 Å². The first-order chi connectivity index (χ1) is 9.75. The molecule has 120 valence electrons. The number of benzene rings is 1. The van der Waals surface area contributed by atoms with Crippen molar-refractivity contribution in [3.8, 4) is 11.5 Å². The van der Waals surface area contributed by atoms with Gasteiger partial charge in [-0.1, -0.05) is 13.8 Å². The third-order valence-corrected chi connectivity index (χ3v) is 4.61. The summed E-state index contributed by atoms with van der Waals surface area (Å²) in [6, 6.07) is 4.60. The molecule has 2 N–H and O–H groups in total. The standard InChI is InChI=1S/C14H23NO5S/c1-14(2,7-8-16)10-15-21(17,18)13-9-11(19-3)5-6-12(13)20-4/h5-6,9,15-16H,7-8,10H2,1-4H3. The van der Waals surface area contributed by atoms with Gasteiger partial charge in [0.15, 0.2) is 0 Å². The van der Waals surface area contributed by atoms with Crippen LogP contribution in [0.2, 0.25) is 0 Å². The first kappa shape index (κ1) is 17.7. The third-order valence-electron chi connectivity index (χ3n) is 3.19. The molecule has 0 amide bonds. The quantitative estimate of drug-likeness (QED) is 0.757. The van der Waals surface area contributed by atoms with Crippen LogP contribution < -0.4 is 14.2 Å². The molecule has 0 aromatic heterocycles. The number of nitrogens with one attached hydrogen (secondary N) is 1. The normalized spacial score (nSPS) is 12.2. The van der Waals surface area contributed by atoms with Gasteiger partial charge in [0.1, 0.15) is 16.4 Å². The molecule has 0 fully saturated rings. The monoisotopic (exact) mass is 317 g/mol. The first-order valence-corrected chi connectivity index (χ1v) is 8.06. The van der Waals surface area contributed by atoms with Crippen LogP contribution in [-0.2, 0) is 10.0 Å². The van der Waals surface area contributed by atoms with Gasteiger partial charge in [-0.25, -0.2) is 13.1 Å². The summed E-state index contributed by atoms with van der Waals surface area (Å²) in [5, 5.41) is 8.99. The zero-order valence-electron chi connectivity index (χ0n) is 12.8. The summed E-state index contributed by atoms with van der Waals surface area (Å²) < 4.78 is 37.5. The van der Waals surface area contributed by atoms with Gasteiger partial charge >= 0.3 is 0 Å². The van der Waals surface area contributed by atoms with Gasteiger partial charge in [-0.3, -0.25) is 0 Å². The fourth-order valence-electron chi connectivity index (χ4n) is 1.75. The topological polar surface area (TPSA) is 84.9 Å². The Morgan fingerprint density at radius 2 is 1.90 bits per heavy atom. The van der Waals surface area contributed by atoms with Crippen molar-refractivity contribution in [2.45, 2.75) is 25.2 Å². The molecule has 0 bridgehead atoms. The summed E-state index contributed by atoms with van der Waals surface area (Å²) >= 11 is 0. The van der Waals surface area contributed by atoms with Crippen LogP contribution in [0.15, 0.2) is 23.1 Å². The minimum Gasteiger partial charge on any atom is -0.497 e. The summed E-state index contributed by atoms with van der Waals surface area (Å²) in [5.41, 5.74) is -0.339. The van der Waals surface area contributed by atoms with E-state index in [9.17, 15) is 8.42 Å². The van der Waals surface area contributed by atoms with E-state index in [1.54, 1.807) is 12.1 Å². The third kappa shape index (κ3) is 4.87. The maximum Gasteiger partial charge on any atom is 0.244 e. The zero-order valence-corrected chi connectivity index (χ0v) is 13.7. The van der Waals surface area contributed by atoms with E-state index in [4.69, 9.17) is 14.6 Å². The van der Waals surface area contributed by atoms with Crippen LogP contribution in [0.25, 0.3) is 0 Å². The Labute approximate surface area is 126 Å². The van der Waals surface area contributed by atoms with Crippen LogP contribution in [-0.4, -0.2) is 40.9 Å². The van der Waals surface area contributed by atoms with Crippen molar-refractivity contribution < 1.29 is 23.0 Å². The predicted molar refractivity (Wildman–Crippen MR) is 80.2 cm³/mol. The molecule has 0 saturated heterocycles. The van der Waals surface area contributed by atoms with E-state index >= 15 is 0 Å². The summed E-state index contributed by atoms with van der Waals surface area (Å²) in [7, 11) is -0.842. The minimum atomic E-state index is -3.72. The highest BCUT2D eigenvalue weighted by Crippen LogP contribution is 2.28. The fraction of sp³-hybridized carbons (Fsp3) is 0.571. The molecule has 7 heteroatoms. The Hall–Kier alpha value is -1.31. The van der Waals surface area contributed by atoms with Crippen molar-refractivity contribution >= 4 is 10.0 Å². The van der Waals surface area contributed by atoms with Gasteiger partial charge in [0.05, 0.1) is 14.2 Å². The molecule has 0 spiro atoms. The van der Waals surface area contributed by atoms with Gasteiger partial charge in [-0.15, -0.1) is 0 Å². The highest BCUT2D eigenvalue weighted by atomic mass is 32.2. The molecular weight excluding hydrogens is 294 g/mol. The lowest BCUT2D eigenvalue weighted by Crippen LogP contribution is -2.34. The molecule has 6 nitrogen and oxygen atoms in total. The van der Waals surface area contributed by atoms with E-state index in [0.29, 0.717) is 12.2 Å². The van der Waals surface area contributed by atoms with E-state index < -0.39 is 10.0 Å². The number of hydrogen-bond acceptors (Lipinski definition) is 5. The zero-order chi connectivity index (χ0) is 16.1. The number of aliphatic hydroxyl groups excluding tert-OH is 1. The Bertz CT molecular complexity index is 569. The Morgan fingerprint density at radius 1 is 1.24 bits per heavy atom. The molecule has 0 saturated carbocycles. The molecule has 21 heavy (non-hydrogen) atoms. The number of hydrogen-bond donors (Lipinski definition) is 2. The molecule has 0 aliphatic rings. The fourth-order valence-corrected chi connectivity index (χ4v) is 3.18. The highest BCUT2D eigenvalue weighted by molar-refractivity contribution is 7.89. The van der Waals surface area contributed by atoms with Crippen LogP contribution in [0.3, 0.4) is 0 Å². The van der Waals surface area contributed by atoms with Gasteiger partial charge < -0.3 is 14.6 Å². The highest BCUT2D eigenvalue weighted by Gasteiger charge is 2.24. The van der Waals surface area contributed by atoms with Crippen LogP contribution in [0.5, 0.6) is 11.5 Å².